The molecule has 2 heterocycles. The van der Waals surface area contributed by atoms with Gasteiger partial charge in [0.25, 0.3) is 0 Å². The largest absolute Gasteiger partial charge is 0.298 e. The predicted molar refractivity (Wildman–Crippen MR) is 81.2 cm³/mol. The van der Waals surface area contributed by atoms with Crippen molar-refractivity contribution in [2.75, 3.05) is 0 Å². The Morgan fingerprint density at radius 2 is 2.10 bits per heavy atom. The molecule has 3 rings (SSSR count). The molecule has 20 heavy (non-hydrogen) atoms. The molecule has 0 unspecified atom stereocenters. The highest BCUT2D eigenvalue weighted by molar-refractivity contribution is 7.13. The van der Waals surface area contributed by atoms with Crippen LogP contribution in [0.2, 0.25) is 0 Å². The van der Waals surface area contributed by atoms with Crippen LogP contribution in [0.1, 0.15) is 21.5 Å². The van der Waals surface area contributed by atoms with Crippen LogP contribution < -0.4 is 0 Å². The first-order chi connectivity index (χ1) is 9.78. The summed E-state index contributed by atoms with van der Waals surface area (Å²) in [6.45, 7) is 2.76. The molecule has 2 aromatic heterocycles. The van der Waals surface area contributed by atoms with Gasteiger partial charge in [-0.15, -0.1) is 11.3 Å². The molecule has 0 fully saturated rings. The number of carbonyl (C=O) groups is 1. The number of nitrogens with zero attached hydrogens (tertiary/aromatic N) is 2. The molecule has 3 aromatic rings. The van der Waals surface area contributed by atoms with E-state index in [1.165, 1.54) is 11.1 Å². The first-order valence-corrected chi connectivity index (χ1v) is 7.27. The van der Waals surface area contributed by atoms with Gasteiger partial charge >= 0.3 is 0 Å². The van der Waals surface area contributed by atoms with Gasteiger partial charge in [-0.3, -0.25) is 9.48 Å². The second kappa shape index (κ2) is 5.43. The SMILES string of the molecule is Cc1ccccc1Cn1cc(C=O)c(-c2cccs2)n1. The summed E-state index contributed by atoms with van der Waals surface area (Å²) >= 11 is 1.59. The number of carbonyl (C=O) groups excluding carboxylic acids is 1. The van der Waals surface area contributed by atoms with E-state index in [2.05, 4.69) is 24.2 Å². The third-order valence-corrected chi connectivity index (χ3v) is 4.14. The van der Waals surface area contributed by atoms with Crippen LogP contribution in [0.25, 0.3) is 10.6 Å². The number of thiophene rings is 1. The molecule has 0 spiro atoms. The molecule has 4 heteroatoms. The van der Waals surface area contributed by atoms with Crippen molar-refractivity contribution >= 4 is 17.6 Å². The molecule has 0 saturated heterocycles. The molecular formula is C16H14N2OS. The third kappa shape index (κ3) is 2.42. The van der Waals surface area contributed by atoms with Crippen molar-refractivity contribution in [1.82, 2.24) is 9.78 Å². The molecular weight excluding hydrogens is 268 g/mol. The van der Waals surface area contributed by atoms with Crippen LogP contribution in [-0.2, 0) is 6.54 Å². The average molecular weight is 282 g/mol. The van der Waals surface area contributed by atoms with E-state index in [-0.39, 0.29) is 0 Å². The maximum absolute atomic E-state index is 11.2. The van der Waals surface area contributed by atoms with Crippen LogP contribution in [0, 0.1) is 6.92 Å². The molecule has 3 nitrogen and oxygen atoms in total. The van der Waals surface area contributed by atoms with E-state index in [1.54, 1.807) is 11.3 Å². The van der Waals surface area contributed by atoms with Gasteiger partial charge in [0.15, 0.2) is 6.29 Å². The summed E-state index contributed by atoms with van der Waals surface area (Å²) in [4.78, 5) is 12.2. The van der Waals surface area contributed by atoms with Gasteiger partial charge in [0.1, 0.15) is 5.69 Å². The normalized spacial score (nSPS) is 10.7. The van der Waals surface area contributed by atoms with E-state index in [4.69, 9.17) is 0 Å². The summed E-state index contributed by atoms with van der Waals surface area (Å²) in [5, 5.41) is 6.55. The summed E-state index contributed by atoms with van der Waals surface area (Å²) in [5.74, 6) is 0. The number of aryl methyl sites for hydroxylation is 1. The quantitative estimate of drug-likeness (QED) is 0.683. The van der Waals surface area contributed by atoms with E-state index in [9.17, 15) is 4.79 Å². The lowest BCUT2D eigenvalue weighted by atomic mass is 10.1. The lowest BCUT2D eigenvalue weighted by Crippen LogP contribution is -2.01. The van der Waals surface area contributed by atoms with Gasteiger partial charge in [-0.05, 0) is 29.5 Å². The van der Waals surface area contributed by atoms with Crippen LogP contribution in [0.15, 0.2) is 48.0 Å². The van der Waals surface area contributed by atoms with E-state index in [1.807, 2.05) is 40.5 Å². The van der Waals surface area contributed by atoms with Gasteiger partial charge < -0.3 is 0 Å². The minimum Gasteiger partial charge on any atom is -0.298 e. The van der Waals surface area contributed by atoms with Crippen molar-refractivity contribution in [2.24, 2.45) is 0 Å². The average Bonchev–Trinajstić information content (AvgIpc) is 3.09. The highest BCUT2D eigenvalue weighted by atomic mass is 32.1. The number of hydrogen-bond acceptors (Lipinski definition) is 3. The number of aromatic nitrogens is 2. The summed E-state index contributed by atoms with van der Waals surface area (Å²) in [6, 6.07) is 12.2. The van der Waals surface area contributed by atoms with Gasteiger partial charge in [0.2, 0.25) is 0 Å². The Kier molecular flexibility index (Phi) is 3.48. The molecule has 100 valence electrons. The Hall–Kier alpha value is -2.20. The Balaban J connectivity index is 1.96. The fourth-order valence-corrected chi connectivity index (χ4v) is 2.90. The lowest BCUT2D eigenvalue weighted by molar-refractivity contribution is 0.112. The van der Waals surface area contributed by atoms with E-state index in [0.717, 1.165) is 16.9 Å². The van der Waals surface area contributed by atoms with Gasteiger partial charge in [-0.25, -0.2) is 0 Å². The Morgan fingerprint density at radius 1 is 1.25 bits per heavy atom. The Morgan fingerprint density at radius 3 is 2.80 bits per heavy atom. The van der Waals surface area contributed by atoms with Crippen molar-refractivity contribution in [1.29, 1.82) is 0 Å². The highest BCUT2D eigenvalue weighted by Gasteiger charge is 2.12. The van der Waals surface area contributed by atoms with E-state index < -0.39 is 0 Å². The monoisotopic (exact) mass is 282 g/mol. The minimum atomic E-state index is 0.640. The molecule has 0 bridgehead atoms. The van der Waals surface area contributed by atoms with Gasteiger partial charge in [-0.2, -0.15) is 5.10 Å². The fourth-order valence-electron chi connectivity index (χ4n) is 2.17. The number of aldehydes is 1. The standard InChI is InChI=1S/C16H14N2OS/c1-12-5-2-3-6-13(12)9-18-10-14(11-19)16(17-18)15-7-4-8-20-15/h2-8,10-11H,9H2,1H3. The maximum Gasteiger partial charge on any atom is 0.153 e. The Bertz CT molecular complexity index is 729. The van der Waals surface area contributed by atoms with E-state index >= 15 is 0 Å². The van der Waals surface area contributed by atoms with Crippen molar-refractivity contribution < 1.29 is 4.79 Å². The molecule has 0 atom stereocenters. The summed E-state index contributed by atoms with van der Waals surface area (Å²) in [7, 11) is 0. The smallest absolute Gasteiger partial charge is 0.153 e. The van der Waals surface area contributed by atoms with Crippen molar-refractivity contribution in [3.8, 4) is 10.6 Å². The molecule has 1 aromatic carbocycles. The lowest BCUT2D eigenvalue weighted by Gasteiger charge is -2.05. The summed E-state index contributed by atoms with van der Waals surface area (Å²) in [6.07, 6.45) is 2.69. The number of benzene rings is 1. The topological polar surface area (TPSA) is 34.9 Å². The molecule has 0 aliphatic carbocycles. The fraction of sp³-hybridized carbons (Fsp3) is 0.125. The number of hydrogen-bond donors (Lipinski definition) is 0. The highest BCUT2D eigenvalue weighted by Crippen LogP contribution is 2.26. The van der Waals surface area contributed by atoms with Crippen molar-refractivity contribution in [3.05, 3.63) is 64.7 Å². The molecule has 0 amide bonds. The first-order valence-electron chi connectivity index (χ1n) is 6.39. The predicted octanol–water partition coefficient (Wildman–Crippen LogP) is 3.78. The second-order valence-corrected chi connectivity index (χ2v) is 5.60. The number of rotatable bonds is 4. The maximum atomic E-state index is 11.2. The van der Waals surface area contributed by atoms with Gasteiger partial charge in [0, 0.05) is 6.20 Å². The molecule has 0 aliphatic heterocycles. The van der Waals surface area contributed by atoms with Crippen LogP contribution in [-0.4, -0.2) is 16.1 Å². The molecule has 0 saturated carbocycles. The zero-order valence-electron chi connectivity index (χ0n) is 11.1. The van der Waals surface area contributed by atoms with Crippen LogP contribution >= 0.6 is 11.3 Å². The zero-order valence-corrected chi connectivity index (χ0v) is 11.9. The Labute approximate surface area is 121 Å². The third-order valence-electron chi connectivity index (χ3n) is 3.27. The van der Waals surface area contributed by atoms with Crippen molar-refractivity contribution in [3.63, 3.8) is 0 Å². The molecule has 0 radical (unpaired) electrons. The minimum absolute atomic E-state index is 0.640. The van der Waals surface area contributed by atoms with Crippen LogP contribution in [0.5, 0.6) is 0 Å². The van der Waals surface area contributed by atoms with Crippen molar-refractivity contribution in [2.45, 2.75) is 13.5 Å². The van der Waals surface area contributed by atoms with Gasteiger partial charge in [-0.1, -0.05) is 30.3 Å². The van der Waals surface area contributed by atoms with Crippen LogP contribution in [0.4, 0.5) is 0 Å². The summed E-state index contributed by atoms with van der Waals surface area (Å²) in [5.41, 5.74) is 3.85. The first kappa shape index (κ1) is 12.8. The van der Waals surface area contributed by atoms with Crippen LogP contribution in [0.3, 0.4) is 0 Å². The molecule has 0 N–H and O–H groups in total. The summed E-state index contributed by atoms with van der Waals surface area (Å²) < 4.78 is 1.83. The van der Waals surface area contributed by atoms with E-state index in [0.29, 0.717) is 12.1 Å². The zero-order chi connectivity index (χ0) is 13.9. The van der Waals surface area contributed by atoms with Gasteiger partial charge in [0.05, 0.1) is 17.0 Å². The second-order valence-electron chi connectivity index (χ2n) is 4.65. The molecule has 0 aliphatic rings.